The second kappa shape index (κ2) is 4.41. The summed E-state index contributed by atoms with van der Waals surface area (Å²) in [6, 6.07) is 8.53. The van der Waals surface area contributed by atoms with Crippen molar-refractivity contribution in [2.45, 2.75) is 25.4 Å². The average Bonchev–Trinajstić information content (AvgIpc) is 3.06. The lowest BCUT2D eigenvalue weighted by atomic mass is 10.2. The summed E-state index contributed by atoms with van der Waals surface area (Å²) in [5.41, 5.74) is 1.17. The Hall–Kier alpha value is -1.48. The molecule has 0 unspecified atom stereocenters. The van der Waals surface area contributed by atoms with E-state index in [1.807, 2.05) is 30.6 Å². The molecule has 0 aliphatic heterocycles. The van der Waals surface area contributed by atoms with Crippen LogP contribution in [0.1, 0.15) is 24.4 Å². The van der Waals surface area contributed by atoms with E-state index in [2.05, 4.69) is 20.9 Å². The van der Waals surface area contributed by atoms with Crippen LogP contribution >= 0.6 is 11.6 Å². The number of anilines is 1. The molecule has 2 aromatic rings. The zero-order valence-corrected chi connectivity index (χ0v) is 10.2. The molecule has 1 heterocycles. The van der Waals surface area contributed by atoms with E-state index in [1.54, 1.807) is 0 Å². The molecule has 1 aliphatic carbocycles. The van der Waals surface area contributed by atoms with Crippen molar-refractivity contribution in [3.05, 3.63) is 47.2 Å². The van der Waals surface area contributed by atoms with Crippen molar-refractivity contribution in [3.8, 4) is 0 Å². The summed E-state index contributed by atoms with van der Waals surface area (Å²) in [5.74, 6) is 0.951. The van der Waals surface area contributed by atoms with Gasteiger partial charge in [0.15, 0.2) is 0 Å². The van der Waals surface area contributed by atoms with E-state index in [9.17, 15) is 0 Å². The van der Waals surface area contributed by atoms with E-state index in [4.69, 9.17) is 11.6 Å². The minimum Gasteiger partial charge on any atom is -0.352 e. The number of hydrogen-bond donors (Lipinski definition) is 1. The molecule has 3 rings (SSSR count). The second-order valence-corrected chi connectivity index (χ2v) is 4.81. The lowest BCUT2D eigenvalue weighted by Crippen LogP contribution is -2.06. The van der Waals surface area contributed by atoms with Crippen molar-refractivity contribution < 1.29 is 0 Å². The van der Waals surface area contributed by atoms with Gasteiger partial charge in [-0.15, -0.1) is 0 Å². The Bertz CT molecular complexity index is 517. The van der Waals surface area contributed by atoms with Gasteiger partial charge in [0.1, 0.15) is 0 Å². The maximum atomic E-state index is 5.95. The Morgan fingerprint density at radius 1 is 1.41 bits per heavy atom. The first-order valence-corrected chi connectivity index (χ1v) is 6.22. The summed E-state index contributed by atoms with van der Waals surface area (Å²) in [6.07, 6.45) is 6.42. The molecule has 0 saturated heterocycles. The molecule has 0 atom stereocenters. The topological polar surface area (TPSA) is 29.9 Å². The SMILES string of the molecule is Clc1cccc(CNc2nccn2C2CC2)c1. The zero-order valence-electron chi connectivity index (χ0n) is 9.44. The Morgan fingerprint density at radius 3 is 3.06 bits per heavy atom. The summed E-state index contributed by atoms with van der Waals surface area (Å²) in [6.45, 7) is 0.754. The fourth-order valence-corrected chi connectivity index (χ4v) is 2.14. The highest BCUT2D eigenvalue weighted by molar-refractivity contribution is 6.30. The molecular formula is C13H14ClN3. The normalized spacial score (nSPS) is 14.9. The van der Waals surface area contributed by atoms with Crippen LogP contribution in [-0.4, -0.2) is 9.55 Å². The Labute approximate surface area is 105 Å². The quantitative estimate of drug-likeness (QED) is 0.897. The molecule has 1 aliphatic rings. The number of nitrogens with one attached hydrogen (secondary N) is 1. The first-order valence-electron chi connectivity index (χ1n) is 5.84. The number of rotatable bonds is 4. The molecule has 1 saturated carbocycles. The Balaban J connectivity index is 1.69. The smallest absolute Gasteiger partial charge is 0.203 e. The van der Waals surface area contributed by atoms with Crippen LogP contribution in [0.15, 0.2) is 36.7 Å². The van der Waals surface area contributed by atoms with E-state index in [1.165, 1.54) is 18.4 Å². The van der Waals surface area contributed by atoms with Gasteiger partial charge in [0.05, 0.1) is 0 Å². The van der Waals surface area contributed by atoms with Gasteiger partial charge in [-0.1, -0.05) is 23.7 Å². The highest BCUT2D eigenvalue weighted by Gasteiger charge is 2.25. The van der Waals surface area contributed by atoms with Gasteiger partial charge in [-0.3, -0.25) is 0 Å². The van der Waals surface area contributed by atoms with Crippen molar-refractivity contribution in [2.75, 3.05) is 5.32 Å². The minimum absolute atomic E-state index is 0.652. The van der Waals surface area contributed by atoms with Crippen molar-refractivity contribution in [1.29, 1.82) is 0 Å². The van der Waals surface area contributed by atoms with Crippen LogP contribution in [0.25, 0.3) is 0 Å². The van der Waals surface area contributed by atoms with Gasteiger partial charge in [0.2, 0.25) is 5.95 Å². The van der Waals surface area contributed by atoms with Crippen LogP contribution in [0.3, 0.4) is 0 Å². The van der Waals surface area contributed by atoms with E-state index in [-0.39, 0.29) is 0 Å². The van der Waals surface area contributed by atoms with Crippen molar-refractivity contribution >= 4 is 17.5 Å². The molecule has 17 heavy (non-hydrogen) atoms. The van der Waals surface area contributed by atoms with E-state index >= 15 is 0 Å². The Morgan fingerprint density at radius 2 is 2.29 bits per heavy atom. The zero-order chi connectivity index (χ0) is 11.7. The largest absolute Gasteiger partial charge is 0.352 e. The summed E-state index contributed by atoms with van der Waals surface area (Å²) < 4.78 is 2.21. The van der Waals surface area contributed by atoms with E-state index < -0.39 is 0 Å². The third-order valence-corrected chi connectivity index (χ3v) is 3.18. The lowest BCUT2D eigenvalue weighted by molar-refractivity contribution is 0.743. The van der Waals surface area contributed by atoms with Gasteiger partial charge in [-0.2, -0.15) is 0 Å². The van der Waals surface area contributed by atoms with Gasteiger partial charge in [0.25, 0.3) is 0 Å². The molecule has 88 valence electrons. The third kappa shape index (κ3) is 2.44. The number of benzene rings is 1. The van der Waals surface area contributed by atoms with Gasteiger partial charge in [-0.25, -0.2) is 4.98 Å². The molecule has 4 heteroatoms. The molecule has 1 N–H and O–H groups in total. The molecule has 1 aromatic carbocycles. The molecule has 1 fully saturated rings. The van der Waals surface area contributed by atoms with Crippen LogP contribution in [0.5, 0.6) is 0 Å². The Kier molecular flexibility index (Phi) is 2.77. The van der Waals surface area contributed by atoms with Crippen LogP contribution in [0.4, 0.5) is 5.95 Å². The summed E-state index contributed by atoms with van der Waals surface area (Å²) in [7, 11) is 0. The van der Waals surface area contributed by atoms with Gasteiger partial charge < -0.3 is 9.88 Å². The summed E-state index contributed by atoms with van der Waals surface area (Å²) in [4.78, 5) is 4.33. The monoisotopic (exact) mass is 247 g/mol. The first kappa shape index (κ1) is 10.7. The maximum Gasteiger partial charge on any atom is 0.203 e. The second-order valence-electron chi connectivity index (χ2n) is 4.37. The highest BCUT2D eigenvalue weighted by Crippen LogP contribution is 2.36. The standard InChI is InChI=1S/C13H14ClN3/c14-11-3-1-2-10(8-11)9-16-13-15-6-7-17(13)12-4-5-12/h1-3,6-8,12H,4-5,9H2,(H,15,16). The fourth-order valence-electron chi connectivity index (χ4n) is 1.93. The minimum atomic E-state index is 0.652. The van der Waals surface area contributed by atoms with Gasteiger partial charge >= 0.3 is 0 Å². The molecule has 0 radical (unpaired) electrons. The molecule has 0 amide bonds. The number of hydrogen-bond acceptors (Lipinski definition) is 2. The number of imidazole rings is 1. The number of nitrogens with zero attached hydrogens (tertiary/aromatic N) is 2. The van der Waals surface area contributed by atoms with Crippen LogP contribution < -0.4 is 5.32 Å². The lowest BCUT2D eigenvalue weighted by Gasteiger charge is -2.08. The molecule has 0 bridgehead atoms. The van der Waals surface area contributed by atoms with Gasteiger partial charge in [0, 0.05) is 30.0 Å². The number of halogens is 1. The first-order chi connectivity index (χ1) is 8.33. The molecule has 0 spiro atoms. The van der Waals surface area contributed by atoms with E-state index in [0.717, 1.165) is 17.5 Å². The summed E-state index contributed by atoms with van der Waals surface area (Å²) >= 11 is 5.95. The van der Waals surface area contributed by atoms with Gasteiger partial charge in [-0.05, 0) is 30.5 Å². The van der Waals surface area contributed by atoms with E-state index in [0.29, 0.717) is 6.04 Å². The maximum absolute atomic E-state index is 5.95. The predicted octanol–water partition coefficient (Wildman–Crippen LogP) is 3.48. The molecule has 1 aromatic heterocycles. The van der Waals surface area contributed by atoms with Crippen LogP contribution in [-0.2, 0) is 6.54 Å². The van der Waals surface area contributed by atoms with Crippen LogP contribution in [0, 0.1) is 0 Å². The van der Waals surface area contributed by atoms with Crippen molar-refractivity contribution in [3.63, 3.8) is 0 Å². The number of aromatic nitrogens is 2. The highest BCUT2D eigenvalue weighted by atomic mass is 35.5. The predicted molar refractivity (Wildman–Crippen MR) is 69.3 cm³/mol. The average molecular weight is 248 g/mol. The van der Waals surface area contributed by atoms with Crippen LogP contribution in [0.2, 0.25) is 5.02 Å². The summed E-state index contributed by atoms with van der Waals surface area (Å²) in [5, 5.41) is 4.12. The molecule has 3 nitrogen and oxygen atoms in total. The molecular weight excluding hydrogens is 234 g/mol. The fraction of sp³-hybridized carbons (Fsp3) is 0.308. The van der Waals surface area contributed by atoms with Crippen molar-refractivity contribution in [2.24, 2.45) is 0 Å². The van der Waals surface area contributed by atoms with Crippen molar-refractivity contribution in [1.82, 2.24) is 9.55 Å². The third-order valence-electron chi connectivity index (χ3n) is 2.95.